The van der Waals surface area contributed by atoms with E-state index in [0.717, 1.165) is 16.7 Å². The molecule has 0 aliphatic carbocycles. The van der Waals surface area contributed by atoms with Crippen LogP contribution in [-0.2, 0) is 11.2 Å². The van der Waals surface area contributed by atoms with Crippen LogP contribution < -0.4 is 5.32 Å². The van der Waals surface area contributed by atoms with Gasteiger partial charge >= 0.3 is 0 Å². The molecule has 0 heterocycles. The van der Waals surface area contributed by atoms with E-state index >= 15 is 0 Å². The summed E-state index contributed by atoms with van der Waals surface area (Å²) >= 11 is 12.4. The van der Waals surface area contributed by atoms with Crippen LogP contribution >= 0.6 is 23.2 Å². The molecule has 0 bridgehead atoms. The van der Waals surface area contributed by atoms with E-state index in [0.29, 0.717) is 34.1 Å². The number of halogens is 2. The summed E-state index contributed by atoms with van der Waals surface area (Å²) in [6.07, 6.45) is 1.05. The number of carbonyl (C=O) groups is 1. The van der Waals surface area contributed by atoms with Gasteiger partial charge in [0, 0.05) is 22.2 Å². The molecule has 3 rings (SSSR count). The van der Waals surface area contributed by atoms with Gasteiger partial charge in [-0.3, -0.25) is 4.79 Å². The maximum absolute atomic E-state index is 12.4. The number of nitriles is 1. The highest BCUT2D eigenvalue weighted by atomic mass is 35.5. The Morgan fingerprint density at radius 1 is 1.07 bits per heavy atom. The van der Waals surface area contributed by atoms with Gasteiger partial charge in [-0.25, -0.2) is 0 Å². The Morgan fingerprint density at radius 3 is 2.41 bits per heavy atom. The minimum atomic E-state index is -0.513. The third kappa shape index (κ3) is 5.38. The highest BCUT2D eigenvalue weighted by Crippen LogP contribution is 2.34. The lowest BCUT2D eigenvalue weighted by Crippen LogP contribution is -2.13. The van der Waals surface area contributed by atoms with E-state index in [9.17, 15) is 10.1 Å². The number of anilines is 1. The largest absolute Gasteiger partial charge is 0.326 e. The van der Waals surface area contributed by atoms with E-state index in [1.165, 1.54) is 0 Å². The summed E-state index contributed by atoms with van der Waals surface area (Å²) in [6.45, 7) is 1.89. The fourth-order valence-corrected chi connectivity index (χ4v) is 3.55. The third-order valence-electron chi connectivity index (χ3n) is 4.74. The molecule has 0 aliphatic rings. The van der Waals surface area contributed by atoms with Crippen molar-refractivity contribution in [2.24, 2.45) is 0 Å². The zero-order valence-corrected chi connectivity index (χ0v) is 17.5. The lowest BCUT2D eigenvalue weighted by atomic mass is 9.91. The fraction of sp³-hybridized carbons (Fsp3) is 0.167. The average molecular weight is 423 g/mol. The molecule has 0 aromatic heterocycles. The monoisotopic (exact) mass is 422 g/mol. The van der Waals surface area contributed by atoms with Crippen LogP contribution in [0.4, 0.5) is 5.69 Å². The van der Waals surface area contributed by atoms with Crippen LogP contribution in [0, 0.1) is 18.3 Å². The van der Waals surface area contributed by atoms with E-state index in [4.69, 9.17) is 23.2 Å². The number of nitrogens with one attached hydrogen (secondary N) is 1. The summed E-state index contributed by atoms with van der Waals surface area (Å²) in [4.78, 5) is 12.4. The Balaban J connectivity index is 1.75. The Bertz CT molecular complexity index is 1040. The summed E-state index contributed by atoms with van der Waals surface area (Å²) in [6, 6.07) is 22.9. The van der Waals surface area contributed by atoms with Crippen LogP contribution in [0.3, 0.4) is 0 Å². The summed E-state index contributed by atoms with van der Waals surface area (Å²) in [5.74, 6) is -0.586. The first kappa shape index (κ1) is 20.9. The van der Waals surface area contributed by atoms with Crippen LogP contribution in [0.5, 0.6) is 0 Å². The van der Waals surface area contributed by atoms with Crippen molar-refractivity contribution in [2.75, 3.05) is 5.32 Å². The zero-order chi connectivity index (χ0) is 20.8. The van der Waals surface area contributed by atoms with Gasteiger partial charge in [-0.1, -0.05) is 71.7 Å². The Labute approximate surface area is 180 Å². The Kier molecular flexibility index (Phi) is 6.93. The first-order valence-corrected chi connectivity index (χ1v) is 10.0. The van der Waals surface area contributed by atoms with Gasteiger partial charge in [-0.05, 0) is 53.8 Å². The third-order valence-corrected chi connectivity index (χ3v) is 5.32. The fourth-order valence-electron chi connectivity index (χ4n) is 3.15. The molecule has 29 heavy (non-hydrogen) atoms. The van der Waals surface area contributed by atoms with Crippen molar-refractivity contribution in [3.8, 4) is 6.07 Å². The van der Waals surface area contributed by atoms with Crippen LogP contribution in [-0.4, -0.2) is 5.91 Å². The molecule has 0 spiro atoms. The Hall–Kier alpha value is -2.80. The van der Waals surface area contributed by atoms with E-state index < -0.39 is 5.92 Å². The van der Waals surface area contributed by atoms with E-state index in [1.807, 2.05) is 55.5 Å². The molecular formula is C24H20Cl2N2O. The SMILES string of the molecule is Cc1cc([C@H](C#N)c2ccc(Cl)cc2)c(Cl)cc1NC(=O)CCc1ccccc1. The topological polar surface area (TPSA) is 52.9 Å². The molecule has 3 nitrogen and oxygen atoms in total. The molecule has 5 heteroatoms. The lowest BCUT2D eigenvalue weighted by molar-refractivity contribution is -0.116. The van der Waals surface area contributed by atoms with Gasteiger partial charge in [0.2, 0.25) is 5.91 Å². The maximum Gasteiger partial charge on any atom is 0.224 e. The summed E-state index contributed by atoms with van der Waals surface area (Å²) < 4.78 is 0. The molecule has 1 N–H and O–H groups in total. The summed E-state index contributed by atoms with van der Waals surface area (Å²) in [7, 11) is 0. The molecule has 0 saturated heterocycles. The average Bonchev–Trinajstić information content (AvgIpc) is 2.72. The molecule has 0 saturated carbocycles. The zero-order valence-electron chi connectivity index (χ0n) is 16.0. The first-order chi connectivity index (χ1) is 14.0. The molecule has 3 aromatic rings. The van der Waals surface area contributed by atoms with Gasteiger partial charge < -0.3 is 5.32 Å². The normalized spacial score (nSPS) is 11.5. The van der Waals surface area contributed by atoms with Crippen LogP contribution in [0.15, 0.2) is 66.7 Å². The predicted octanol–water partition coefficient (Wildman–Crippen LogP) is 6.53. The van der Waals surface area contributed by atoms with Crippen molar-refractivity contribution in [3.63, 3.8) is 0 Å². The van der Waals surface area contributed by atoms with Crippen molar-refractivity contribution in [3.05, 3.63) is 99.0 Å². The number of benzene rings is 3. The van der Waals surface area contributed by atoms with Crippen molar-refractivity contribution < 1.29 is 4.79 Å². The molecule has 0 aliphatic heterocycles. The van der Waals surface area contributed by atoms with Gasteiger partial charge in [0.05, 0.1) is 12.0 Å². The second-order valence-electron chi connectivity index (χ2n) is 6.84. The Morgan fingerprint density at radius 2 is 1.76 bits per heavy atom. The van der Waals surface area contributed by atoms with Crippen LogP contribution in [0.25, 0.3) is 0 Å². The van der Waals surface area contributed by atoms with E-state index in [1.54, 1.807) is 18.2 Å². The molecular weight excluding hydrogens is 403 g/mol. The number of rotatable bonds is 6. The van der Waals surface area contributed by atoms with Crippen molar-refractivity contribution >= 4 is 34.8 Å². The highest BCUT2D eigenvalue weighted by Gasteiger charge is 2.19. The molecule has 146 valence electrons. The number of nitrogens with zero attached hydrogens (tertiary/aromatic N) is 1. The van der Waals surface area contributed by atoms with E-state index in [2.05, 4.69) is 11.4 Å². The minimum absolute atomic E-state index is 0.0738. The second kappa shape index (κ2) is 9.60. The van der Waals surface area contributed by atoms with Gasteiger partial charge in [-0.2, -0.15) is 5.26 Å². The molecule has 1 atom stereocenters. The van der Waals surface area contributed by atoms with Crippen molar-refractivity contribution in [1.29, 1.82) is 5.26 Å². The lowest BCUT2D eigenvalue weighted by Gasteiger charge is -2.16. The molecule has 1 amide bonds. The first-order valence-electron chi connectivity index (χ1n) is 9.27. The van der Waals surface area contributed by atoms with Crippen molar-refractivity contribution in [2.45, 2.75) is 25.7 Å². The number of carbonyl (C=O) groups excluding carboxylic acids is 1. The van der Waals surface area contributed by atoms with Crippen molar-refractivity contribution in [1.82, 2.24) is 0 Å². The number of aryl methyl sites for hydroxylation is 2. The number of amides is 1. The van der Waals surface area contributed by atoms with E-state index in [-0.39, 0.29) is 5.91 Å². The standard InChI is InChI=1S/C24H20Cl2N2O/c1-16-13-20(21(15-27)18-8-10-19(25)11-9-18)22(26)14-23(16)28-24(29)12-7-17-5-3-2-4-6-17/h2-6,8-11,13-14,21H,7,12H2,1H3,(H,28,29)/t21-/m1/s1. The highest BCUT2D eigenvalue weighted by molar-refractivity contribution is 6.32. The van der Waals surface area contributed by atoms with Crippen LogP contribution in [0.2, 0.25) is 10.0 Å². The minimum Gasteiger partial charge on any atom is -0.326 e. The number of hydrogen-bond donors (Lipinski definition) is 1. The molecule has 0 unspecified atom stereocenters. The quantitative estimate of drug-likeness (QED) is 0.490. The van der Waals surface area contributed by atoms with Gasteiger partial charge in [0.15, 0.2) is 0 Å². The molecule has 0 fully saturated rings. The second-order valence-corrected chi connectivity index (χ2v) is 7.68. The van der Waals surface area contributed by atoms with Gasteiger partial charge in [0.1, 0.15) is 0 Å². The van der Waals surface area contributed by atoms with Gasteiger partial charge in [-0.15, -0.1) is 0 Å². The summed E-state index contributed by atoms with van der Waals surface area (Å²) in [5.41, 5.74) is 4.15. The molecule has 0 radical (unpaired) electrons. The molecule has 3 aromatic carbocycles. The number of hydrogen-bond acceptors (Lipinski definition) is 2. The van der Waals surface area contributed by atoms with Crippen LogP contribution in [0.1, 0.15) is 34.6 Å². The summed E-state index contributed by atoms with van der Waals surface area (Å²) in [5, 5.41) is 13.7. The maximum atomic E-state index is 12.4. The van der Waals surface area contributed by atoms with Gasteiger partial charge in [0.25, 0.3) is 0 Å². The predicted molar refractivity (Wildman–Crippen MR) is 118 cm³/mol. The smallest absolute Gasteiger partial charge is 0.224 e.